The quantitative estimate of drug-likeness (QED) is 0.383. The maximum Gasteiger partial charge on any atom is 0.220 e. The molecule has 1 aromatic rings. The Morgan fingerprint density at radius 1 is 1.12 bits per heavy atom. The zero-order valence-electron chi connectivity index (χ0n) is 15.0. The second kappa shape index (κ2) is 10.7. The third kappa shape index (κ3) is 7.11. The first kappa shape index (κ1) is 19.2. The van der Waals surface area contributed by atoms with Crippen LogP contribution in [0.5, 0.6) is 0 Å². The first-order chi connectivity index (χ1) is 12.2. The van der Waals surface area contributed by atoms with Crippen LogP contribution in [0, 0.1) is 11.7 Å². The number of hydrogen-bond acceptors (Lipinski definition) is 2. The normalized spacial score (nSPS) is 15.2. The molecule has 6 heteroatoms. The number of aliphatic imine (C=N–C) groups is 1. The van der Waals surface area contributed by atoms with E-state index in [1.165, 1.54) is 31.7 Å². The van der Waals surface area contributed by atoms with Crippen molar-refractivity contribution in [3.8, 4) is 0 Å². The average Bonchev–Trinajstić information content (AvgIpc) is 3.11. The number of guanidine groups is 1. The highest BCUT2D eigenvalue weighted by molar-refractivity contribution is 5.80. The SMILES string of the molecule is CN=C(NCCNC(=O)CC1CCCC1)NCCc1ccccc1F. The number of amides is 1. The van der Waals surface area contributed by atoms with E-state index in [1.807, 2.05) is 6.07 Å². The third-order valence-corrected chi connectivity index (χ3v) is 4.56. The van der Waals surface area contributed by atoms with Crippen LogP contribution in [-0.2, 0) is 11.2 Å². The number of nitrogens with zero attached hydrogens (tertiary/aromatic N) is 1. The van der Waals surface area contributed by atoms with Crippen molar-refractivity contribution >= 4 is 11.9 Å². The van der Waals surface area contributed by atoms with Crippen LogP contribution in [0.3, 0.4) is 0 Å². The Kier molecular flexibility index (Phi) is 8.22. The second-order valence-electron chi connectivity index (χ2n) is 6.47. The van der Waals surface area contributed by atoms with Crippen LogP contribution >= 0.6 is 0 Å². The minimum atomic E-state index is -0.183. The van der Waals surface area contributed by atoms with Gasteiger partial charge in [-0.3, -0.25) is 9.79 Å². The molecular formula is C19H29FN4O. The molecule has 0 unspecified atom stereocenters. The fourth-order valence-electron chi connectivity index (χ4n) is 3.17. The number of nitrogens with one attached hydrogen (secondary N) is 3. The van der Waals surface area contributed by atoms with Crippen LogP contribution in [0.25, 0.3) is 0 Å². The molecule has 1 fully saturated rings. The van der Waals surface area contributed by atoms with Crippen molar-refractivity contribution in [1.82, 2.24) is 16.0 Å². The minimum absolute atomic E-state index is 0.135. The maximum absolute atomic E-state index is 13.6. The predicted molar refractivity (Wildman–Crippen MR) is 99.1 cm³/mol. The van der Waals surface area contributed by atoms with Gasteiger partial charge < -0.3 is 16.0 Å². The summed E-state index contributed by atoms with van der Waals surface area (Å²) in [7, 11) is 1.69. The molecule has 3 N–H and O–H groups in total. The average molecular weight is 348 g/mol. The van der Waals surface area contributed by atoms with E-state index in [0.717, 1.165) is 0 Å². The highest BCUT2D eigenvalue weighted by Crippen LogP contribution is 2.27. The molecule has 0 radical (unpaired) electrons. The van der Waals surface area contributed by atoms with Crippen molar-refractivity contribution < 1.29 is 9.18 Å². The highest BCUT2D eigenvalue weighted by atomic mass is 19.1. The van der Waals surface area contributed by atoms with E-state index in [0.29, 0.717) is 49.9 Å². The largest absolute Gasteiger partial charge is 0.356 e. The molecule has 0 saturated heterocycles. The van der Waals surface area contributed by atoms with Gasteiger partial charge in [0.1, 0.15) is 5.82 Å². The molecule has 0 aliphatic heterocycles. The number of benzene rings is 1. The fraction of sp³-hybridized carbons (Fsp3) is 0.579. The lowest BCUT2D eigenvalue weighted by molar-refractivity contribution is -0.121. The molecule has 0 atom stereocenters. The van der Waals surface area contributed by atoms with Gasteiger partial charge in [0.05, 0.1) is 0 Å². The lowest BCUT2D eigenvalue weighted by atomic mass is 10.0. The molecule has 0 bridgehead atoms. The van der Waals surface area contributed by atoms with Gasteiger partial charge >= 0.3 is 0 Å². The molecule has 138 valence electrons. The molecule has 1 aliphatic carbocycles. The summed E-state index contributed by atoms with van der Waals surface area (Å²) < 4.78 is 13.6. The van der Waals surface area contributed by atoms with Crippen LogP contribution in [0.1, 0.15) is 37.7 Å². The van der Waals surface area contributed by atoms with Crippen LogP contribution in [0.4, 0.5) is 4.39 Å². The van der Waals surface area contributed by atoms with Crippen molar-refractivity contribution in [2.45, 2.75) is 38.5 Å². The molecule has 2 rings (SSSR count). The Bertz CT molecular complexity index is 570. The summed E-state index contributed by atoms with van der Waals surface area (Å²) in [6.45, 7) is 1.77. The summed E-state index contributed by atoms with van der Waals surface area (Å²) in [5, 5.41) is 9.25. The van der Waals surface area contributed by atoms with Crippen molar-refractivity contribution in [3.05, 3.63) is 35.6 Å². The van der Waals surface area contributed by atoms with Crippen LogP contribution in [0.2, 0.25) is 0 Å². The van der Waals surface area contributed by atoms with Crippen molar-refractivity contribution in [3.63, 3.8) is 0 Å². The van der Waals surface area contributed by atoms with Gasteiger partial charge in [-0.25, -0.2) is 4.39 Å². The maximum atomic E-state index is 13.6. The summed E-state index contributed by atoms with van der Waals surface area (Å²) >= 11 is 0. The van der Waals surface area contributed by atoms with E-state index in [-0.39, 0.29) is 11.7 Å². The molecular weight excluding hydrogens is 319 g/mol. The molecule has 1 saturated carbocycles. The third-order valence-electron chi connectivity index (χ3n) is 4.56. The lowest BCUT2D eigenvalue weighted by Crippen LogP contribution is -2.42. The van der Waals surface area contributed by atoms with Crippen LogP contribution < -0.4 is 16.0 Å². The Morgan fingerprint density at radius 2 is 1.80 bits per heavy atom. The number of rotatable bonds is 8. The minimum Gasteiger partial charge on any atom is -0.356 e. The summed E-state index contributed by atoms with van der Waals surface area (Å²) in [6, 6.07) is 6.78. The zero-order valence-corrected chi connectivity index (χ0v) is 15.0. The van der Waals surface area contributed by atoms with Gasteiger partial charge in [0.25, 0.3) is 0 Å². The van der Waals surface area contributed by atoms with E-state index in [1.54, 1.807) is 19.2 Å². The standard InChI is InChI=1S/C19H29FN4O/c1-21-19(23-11-10-16-8-4-5-9-17(16)20)24-13-12-22-18(25)14-15-6-2-3-7-15/h4-5,8-9,15H,2-3,6-7,10-14H2,1H3,(H,22,25)(H2,21,23,24). The highest BCUT2D eigenvalue weighted by Gasteiger charge is 2.17. The van der Waals surface area contributed by atoms with E-state index in [4.69, 9.17) is 0 Å². The Balaban J connectivity index is 1.57. The molecule has 0 spiro atoms. The Morgan fingerprint density at radius 3 is 2.52 bits per heavy atom. The summed E-state index contributed by atoms with van der Waals surface area (Å²) in [5.74, 6) is 1.18. The van der Waals surface area contributed by atoms with Crippen molar-refractivity contribution in [2.24, 2.45) is 10.9 Å². The number of carbonyl (C=O) groups excluding carboxylic acids is 1. The van der Waals surface area contributed by atoms with Crippen LogP contribution in [-0.4, -0.2) is 38.5 Å². The van der Waals surface area contributed by atoms with E-state index in [9.17, 15) is 9.18 Å². The Labute approximate surface area is 149 Å². The monoisotopic (exact) mass is 348 g/mol. The van der Waals surface area contributed by atoms with Gasteiger partial charge in [-0.05, 0) is 36.8 Å². The molecule has 0 aromatic heterocycles. The van der Waals surface area contributed by atoms with E-state index < -0.39 is 0 Å². The predicted octanol–water partition coefficient (Wildman–Crippen LogP) is 2.23. The molecule has 1 amide bonds. The fourth-order valence-corrected chi connectivity index (χ4v) is 3.17. The number of halogens is 1. The number of hydrogen-bond donors (Lipinski definition) is 3. The molecule has 1 aromatic carbocycles. The smallest absolute Gasteiger partial charge is 0.220 e. The molecule has 0 heterocycles. The van der Waals surface area contributed by atoms with Gasteiger partial charge in [-0.2, -0.15) is 0 Å². The molecule has 1 aliphatic rings. The van der Waals surface area contributed by atoms with Gasteiger partial charge in [0.2, 0.25) is 5.91 Å². The van der Waals surface area contributed by atoms with Gasteiger partial charge in [-0.15, -0.1) is 0 Å². The first-order valence-corrected chi connectivity index (χ1v) is 9.13. The van der Waals surface area contributed by atoms with Crippen molar-refractivity contribution in [2.75, 3.05) is 26.7 Å². The second-order valence-corrected chi connectivity index (χ2v) is 6.47. The van der Waals surface area contributed by atoms with Crippen LogP contribution in [0.15, 0.2) is 29.3 Å². The lowest BCUT2D eigenvalue weighted by Gasteiger charge is -2.13. The van der Waals surface area contributed by atoms with Gasteiger partial charge in [0.15, 0.2) is 5.96 Å². The Hall–Kier alpha value is -2.11. The topological polar surface area (TPSA) is 65.5 Å². The first-order valence-electron chi connectivity index (χ1n) is 9.13. The number of carbonyl (C=O) groups is 1. The summed E-state index contributed by atoms with van der Waals surface area (Å²) in [4.78, 5) is 16.0. The van der Waals surface area contributed by atoms with Gasteiger partial charge in [-0.1, -0.05) is 31.0 Å². The molecule has 5 nitrogen and oxygen atoms in total. The van der Waals surface area contributed by atoms with Crippen molar-refractivity contribution in [1.29, 1.82) is 0 Å². The summed E-state index contributed by atoms with van der Waals surface area (Å²) in [6.07, 6.45) is 6.12. The molecule has 25 heavy (non-hydrogen) atoms. The zero-order chi connectivity index (χ0) is 17.9. The van der Waals surface area contributed by atoms with E-state index in [2.05, 4.69) is 20.9 Å². The van der Waals surface area contributed by atoms with E-state index >= 15 is 0 Å². The summed E-state index contributed by atoms with van der Waals surface area (Å²) in [5.41, 5.74) is 0.685. The van der Waals surface area contributed by atoms with Gasteiger partial charge in [0, 0.05) is 33.1 Å².